The van der Waals surface area contributed by atoms with Crippen LogP contribution in [-0.2, 0) is 19.1 Å². The zero-order valence-corrected chi connectivity index (χ0v) is 13.8. The van der Waals surface area contributed by atoms with Crippen molar-refractivity contribution < 1.29 is 28.7 Å². The van der Waals surface area contributed by atoms with Gasteiger partial charge in [0.2, 0.25) is 5.95 Å². The summed E-state index contributed by atoms with van der Waals surface area (Å²) in [6.07, 6.45) is 2.77. The Morgan fingerprint density at radius 1 is 0.885 bits per heavy atom. The second-order valence-corrected chi connectivity index (χ2v) is 4.72. The molecule has 0 saturated carbocycles. The van der Waals surface area contributed by atoms with Crippen LogP contribution < -0.4 is 10.6 Å². The van der Waals surface area contributed by atoms with Crippen molar-refractivity contribution in [2.75, 3.05) is 24.9 Å². The molecule has 1 heterocycles. The topological polar surface area (TPSA) is 137 Å². The van der Waals surface area contributed by atoms with Crippen LogP contribution in [0, 0.1) is 0 Å². The van der Waals surface area contributed by atoms with Crippen molar-refractivity contribution in [1.29, 1.82) is 0 Å². The van der Waals surface area contributed by atoms with E-state index in [1.165, 1.54) is 43.8 Å². The molecule has 2 rings (SSSR count). The predicted octanol–water partition coefficient (Wildman–Crippen LogP) is 0.627. The van der Waals surface area contributed by atoms with Gasteiger partial charge in [0.15, 0.2) is 0 Å². The Kier molecular flexibility index (Phi) is 5.93. The molecule has 2 N–H and O–H groups in total. The van der Waals surface area contributed by atoms with E-state index >= 15 is 0 Å². The Morgan fingerprint density at radius 3 is 2.12 bits per heavy atom. The molecule has 0 bridgehead atoms. The largest absolute Gasteiger partial charge is 0.465 e. The molecule has 0 spiro atoms. The fraction of sp³-hybridized carbons (Fsp3) is 0.125. The summed E-state index contributed by atoms with van der Waals surface area (Å²) in [5.41, 5.74) is -0.0617. The van der Waals surface area contributed by atoms with E-state index in [2.05, 4.69) is 30.1 Å². The number of hydrogen-bond acceptors (Lipinski definition) is 8. The van der Waals surface area contributed by atoms with Crippen LogP contribution in [0.2, 0.25) is 0 Å². The Bertz CT molecular complexity index is 853. The smallest absolute Gasteiger partial charge is 0.339 e. The quantitative estimate of drug-likeness (QED) is 0.600. The molecule has 26 heavy (non-hydrogen) atoms. The van der Waals surface area contributed by atoms with E-state index in [1.54, 1.807) is 0 Å². The number of rotatable bonds is 4. The van der Waals surface area contributed by atoms with Gasteiger partial charge in [-0.3, -0.25) is 14.9 Å². The number of methoxy groups -OCH3 is 2. The van der Waals surface area contributed by atoms with Crippen LogP contribution in [0.4, 0.5) is 11.6 Å². The van der Waals surface area contributed by atoms with Crippen molar-refractivity contribution in [2.24, 2.45) is 0 Å². The maximum Gasteiger partial charge on any atom is 0.339 e. The predicted molar refractivity (Wildman–Crippen MR) is 88.4 cm³/mol. The highest BCUT2D eigenvalue weighted by Gasteiger charge is 2.21. The van der Waals surface area contributed by atoms with Crippen LogP contribution in [0.5, 0.6) is 0 Å². The van der Waals surface area contributed by atoms with Crippen LogP contribution >= 0.6 is 0 Å². The lowest BCUT2D eigenvalue weighted by atomic mass is 10.1. The van der Waals surface area contributed by atoms with Crippen molar-refractivity contribution in [2.45, 2.75) is 0 Å². The lowest BCUT2D eigenvalue weighted by Crippen LogP contribution is -2.30. The van der Waals surface area contributed by atoms with Gasteiger partial charge >= 0.3 is 23.8 Å². The highest BCUT2D eigenvalue weighted by molar-refractivity contribution is 6.43. The fourth-order valence-electron chi connectivity index (χ4n) is 1.88. The second-order valence-electron chi connectivity index (χ2n) is 4.72. The molecule has 0 aliphatic carbocycles. The Labute approximate surface area is 147 Å². The van der Waals surface area contributed by atoms with Crippen molar-refractivity contribution in [1.82, 2.24) is 9.97 Å². The highest BCUT2D eigenvalue weighted by Crippen LogP contribution is 2.20. The molecule has 0 atom stereocenters. The highest BCUT2D eigenvalue weighted by atomic mass is 16.5. The summed E-state index contributed by atoms with van der Waals surface area (Å²) in [5.74, 6) is -3.66. The molecule has 0 unspecified atom stereocenters. The number of hydrogen-bond donors (Lipinski definition) is 2. The van der Waals surface area contributed by atoms with Crippen LogP contribution in [-0.4, -0.2) is 47.9 Å². The first-order valence-electron chi connectivity index (χ1n) is 7.16. The normalized spacial score (nSPS) is 9.77. The molecule has 0 fully saturated rings. The van der Waals surface area contributed by atoms with Crippen LogP contribution in [0.1, 0.15) is 20.7 Å². The number of anilines is 2. The third-order valence-electron chi connectivity index (χ3n) is 3.09. The number of aromatic nitrogens is 2. The van der Waals surface area contributed by atoms with E-state index < -0.39 is 23.8 Å². The molecule has 0 aliphatic rings. The van der Waals surface area contributed by atoms with Crippen molar-refractivity contribution in [3.8, 4) is 0 Å². The summed E-state index contributed by atoms with van der Waals surface area (Å²) in [6, 6.07) is 5.33. The minimum absolute atomic E-state index is 0.0442. The molecule has 10 heteroatoms. The first-order chi connectivity index (χ1) is 12.5. The molecular weight excluding hydrogens is 344 g/mol. The van der Waals surface area contributed by atoms with E-state index in [9.17, 15) is 19.2 Å². The molecule has 2 amide bonds. The van der Waals surface area contributed by atoms with Crippen molar-refractivity contribution in [3.05, 3.63) is 47.8 Å². The van der Waals surface area contributed by atoms with Crippen LogP contribution in [0.25, 0.3) is 0 Å². The lowest BCUT2D eigenvalue weighted by molar-refractivity contribution is -0.133. The van der Waals surface area contributed by atoms with E-state index in [0.29, 0.717) is 0 Å². The molecule has 1 aromatic heterocycles. The average Bonchev–Trinajstić information content (AvgIpc) is 2.67. The van der Waals surface area contributed by atoms with Gasteiger partial charge in [-0.25, -0.2) is 19.6 Å². The van der Waals surface area contributed by atoms with E-state index in [1.807, 2.05) is 0 Å². The van der Waals surface area contributed by atoms with Gasteiger partial charge in [-0.1, -0.05) is 0 Å². The molecule has 0 radical (unpaired) electrons. The number of carbonyl (C=O) groups excluding carboxylic acids is 4. The van der Waals surface area contributed by atoms with Crippen LogP contribution in [0.3, 0.4) is 0 Å². The van der Waals surface area contributed by atoms with Crippen LogP contribution in [0.15, 0.2) is 36.7 Å². The van der Waals surface area contributed by atoms with Gasteiger partial charge in [-0.2, -0.15) is 0 Å². The summed E-state index contributed by atoms with van der Waals surface area (Å²) in [5, 5.41) is 4.44. The summed E-state index contributed by atoms with van der Waals surface area (Å²) in [7, 11) is 2.34. The van der Waals surface area contributed by atoms with E-state index in [0.717, 1.165) is 7.11 Å². The average molecular weight is 358 g/mol. The van der Waals surface area contributed by atoms with E-state index in [4.69, 9.17) is 0 Å². The number of benzene rings is 1. The molecule has 0 aliphatic heterocycles. The number of amides is 2. The fourth-order valence-corrected chi connectivity index (χ4v) is 1.88. The minimum atomic E-state index is -1.09. The van der Waals surface area contributed by atoms with Gasteiger partial charge in [0.1, 0.15) is 0 Å². The summed E-state index contributed by atoms with van der Waals surface area (Å²) >= 11 is 0. The lowest BCUT2D eigenvalue weighted by Gasteiger charge is -2.11. The Hall–Kier alpha value is -3.82. The molecule has 0 saturated heterocycles. The second kappa shape index (κ2) is 8.33. The summed E-state index contributed by atoms with van der Waals surface area (Å²) in [4.78, 5) is 55.0. The number of nitrogens with one attached hydrogen (secondary N) is 2. The number of esters is 2. The Balaban J connectivity index is 2.24. The van der Waals surface area contributed by atoms with Gasteiger partial charge in [-0.15, -0.1) is 0 Å². The molecular formula is C16H14N4O6. The third kappa shape index (κ3) is 4.38. The van der Waals surface area contributed by atoms with Gasteiger partial charge in [0.25, 0.3) is 0 Å². The zero-order chi connectivity index (χ0) is 19.1. The monoisotopic (exact) mass is 358 g/mol. The summed E-state index contributed by atoms with van der Waals surface area (Å²) < 4.78 is 9.20. The SMILES string of the molecule is COC(=O)c1ccc(C(=O)OC)c(NC(=O)C(=O)Nc2ncccn2)c1. The van der Waals surface area contributed by atoms with Gasteiger partial charge < -0.3 is 14.8 Å². The van der Waals surface area contributed by atoms with E-state index in [-0.39, 0.29) is 22.8 Å². The Morgan fingerprint density at radius 2 is 1.50 bits per heavy atom. The molecule has 2 aromatic rings. The molecule has 10 nitrogen and oxygen atoms in total. The van der Waals surface area contributed by atoms with Gasteiger partial charge in [0, 0.05) is 12.4 Å². The molecule has 1 aromatic carbocycles. The van der Waals surface area contributed by atoms with Gasteiger partial charge in [0.05, 0.1) is 31.0 Å². The number of nitrogens with zero attached hydrogens (tertiary/aromatic N) is 2. The summed E-state index contributed by atoms with van der Waals surface area (Å²) in [6.45, 7) is 0. The van der Waals surface area contributed by atoms with Crippen molar-refractivity contribution >= 4 is 35.4 Å². The number of ether oxygens (including phenoxy) is 2. The third-order valence-corrected chi connectivity index (χ3v) is 3.09. The minimum Gasteiger partial charge on any atom is -0.465 e. The number of carbonyl (C=O) groups is 4. The zero-order valence-electron chi connectivity index (χ0n) is 13.8. The van der Waals surface area contributed by atoms with Gasteiger partial charge in [-0.05, 0) is 24.3 Å². The van der Waals surface area contributed by atoms with Crippen molar-refractivity contribution in [3.63, 3.8) is 0 Å². The first kappa shape index (κ1) is 18.5. The standard InChI is InChI=1S/C16H14N4O6/c1-25-14(23)9-4-5-10(15(24)26-2)11(8-9)19-12(21)13(22)20-16-17-6-3-7-18-16/h3-8H,1-2H3,(H,19,21)(H,17,18,20,22). The first-order valence-corrected chi connectivity index (χ1v) is 7.16. The molecule has 134 valence electrons. The maximum absolute atomic E-state index is 12.1. The maximum atomic E-state index is 12.1.